The number of hydrogen-bond donors (Lipinski definition) is 1. The van der Waals surface area contributed by atoms with Crippen LogP contribution in [0.4, 0.5) is 13.2 Å². The van der Waals surface area contributed by atoms with Crippen LogP contribution < -0.4 is 14.2 Å². The number of nitrogens with zero attached hydrogens (tertiary/aromatic N) is 3. The normalized spacial score (nSPS) is 21.0. The third kappa shape index (κ3) is 5.82. The molecule has 33 heavy (non-hydrogen) atoms. The summed E-state index contributed by atoms with van der Waals surface area (Å²) in [7, 11) is 0. The summed E-state index contributed by atoms with van der Waals surface area (Å²) in [4.78, 5) is 19.6. The highest BCUT2D eigenvalue weighted by atomic mass is 19.4. The average molecular weight is 469 g/mol. The molecule has 1 spiro atoms. The lowest BCUT2D eigenvalue weighted by atomic mass is 9.84. The molecule has 2 fully saturated rings. The van der Waals surface area contributed by atoms with Crippen molar-refractivity contribution in [2.45, 2.75) is 37.3 Å². The third-order valence-corrected chi connectivity index (χ3v) is 5.38. The minimum Gasteiger partial charge on any atom is -0.475 e. The van der Waals surface area contributed by atoms with Gasteiger partial charge in [-0.05, 0) is 17.7 Å². The molecule has 0 saturated carbocycles. The Hall–Kier alpha value is -3.12. The number of alkyl halides is 3. The predicted octanol–water partition coefficient (Wildman–Crippen LogP) is 2.65. The Labute approximate surface area is 187 Å². The first kappa shape index (κ1) is 23.1. The minimum absolute atomic E-state index is 0.0958. The van der Waals surface area contributed by atoms with E-state index < -0.39 is 12.1 Å². The number of carboxylic acid groups (broad SMARTS) is 1. The van der Waals surface area contributed by atoms with Crippen molar-refractivity contribution < 1.29 is 42.0 Å². The fourth-order valence-corrected chi connectivity index (χ4v) is 4.00. The molecule has 12 heteroatoms. The number of aromatic nitrogens is 2. The van der Waals surface area contributed by atoms with Gasteiger partial charge < -0.3 is 24.1 Å². The maximum atomic E-state index is 10.6. The van der Waals surface area contributed by atoms with Crippen LogP contribution in [0.5, 0.6) is 17.4 Å². The summed E-state index contributed by atoms with van der Waals surface area (Å²) < 4.78 is 54.7. The molecule has 1 atom stereocenters. The second kappa shape index (κ2) is 9.40. The van der Waals surface area contributed by atoms with E-state index in [-0.39, 0.29) is 11.7 Å². The van der Waals surface area contributed by atoms with Crippen molar-refractivity contribution in [2.24, 2.45) is 0 Å². The number of halogens is 3. The van der Waals surface area contributed by atoms with Gasteiger partial charge in [-0.2, -0.15) is 13.2 Å². The van der Waals surface area contributed by atoms with Crippen LogP contribution >= 0.6 is 0 Å². The molecule has 2 aromatic rings. The third-order valence-electron chi connectivity index (χ3n) is 5.38. The molecule has 0 bridgehead atoms. The summed E-state index contributed by atoms with van der Waals surface area (Å²) >= 11 is 0. The van der Waals surface area contributed by atoms with E-state index in [1.54, 1.807) is 18.6 Å². The van der Waals surface area contributed by atoms with Crippen LogP contribution in [-0.4, -0.2) is 70.3 Å². The van der Waals surface area contributed by atoms with E-state index in [0.717, 1.165) is 50.6 Å². The van der Waals surface area contributed by atoms with Gasteiger partial charge in [0.25, 0.3) is 0 Å². The lowest BCUT2D eigenvalue weighted by Gasteiger charge is -2.53. The highest BCUT2D eigenvalue weighted by Crippen LogP contribution is 2.37. The molecule has 0 amide bonds. The standard InChI is InChI=1S/C19H21N3O4.C2HF3O2/c1-2-16-17(24-13-23-16)7-14(1)10-22-11-19(12-22)8-15(3-6-25-19)26-18-9-20-4-5-21-18;3-2(4,5)1(6)7/h1-2,4-5,7,9,15H,3,6,8,10-13H2;(H,6,7). The second-order valence-electron chi connectivity index (χ2n) is 7.94. The van der Waals surface area contributed by atoms with Gasteiger partial charge in [-0.15, -0.1) is 0 Å². The molecule has 0 radical (unpaired) electrons. The number of hydrogen-bond acceptors (Lipinski definition) is 8. The van der Waals surface area contributed by atoms with Crippen molar-refractivity contribution in [1.82, 2.24) is 14.9 Å². The number of likely N-dealkylation sites (tertiary alicyclic amines) is 1. The Morgan fingerprint density at radius 1 is 1.24 bits per heavy atom. The van der Waals surface area contributed by atoms with E-state index in [1.807, 2.05) is 6.07 Å². The van der Waals surface area contributed by atoms with E-state index in [0.29, 0.717) is 12.7 Å². The van der Waals surface area contributed by atoms with Crippen LogP contribution in [0, 0.1) is 0 Å². The maximum absolute atomic E-state index is 10.6. The van der Waals surface area contributed by atoms with Crippen molar-refractivity contribution in [3.8, 4) is 17.4 Å². The molecule has 1 aromatic carbocycles. The first-order chi connectivity index (χ1) is 15.7. The monoisotopic (exact) mass is 469 g/mol. The van der Waals surface area contributed by atoms with E-state index in [9.17, 15) is 13.2 Å². The lowest BCUT2D eigenvalue weighted by molar-refractivity contribution is -0.192. The van der Waals surface area contributed by atoms with Crippen LogP contribution in [0.2, 0.25) is 0 Å². The zero-order chi connectivity index (χ0) is 23.5. The van der Waals surface area contributed by atoms with Crippen molar-refractivity contribution in [1.29, 1.82) is 0 Å². The summed E-state index contributed by atoms with van der Waals surface area (Å²) in [5.74, 6) is -0.504. The second-order valence-corrected chi connectivity index (χ2v) is 7.94. The number of aliphatic carboxylic acids is 1. The molecule has 1 N–H and O–H groups in total. The van der Waals surface area contributed by atoms with Crippen molar-refractivity contribution in [2.75, 3.05) is 26.5 Å². The zero-order valence-corrected chi connectivity index (χ0v) is 17.5. The fraction of sp³-hybridized carbons (Fsp3) is 0.476. The molecule has 1 aromatic heterocycles. The molecular formula is C21H22F3N3O6. The summed E-state index contributed by atoms with van der Waals surface area (Å²) in [6.45, 7) is 3.76. The predicted molar refractivity (Wildman–Crippen MR) is 106 cm³/mol. The van der Waals surface area contributed by atoms with Gasteiger partial charge in [-0.1, -0.05) is 6.07 Å². The Morgan fingerprint density at radius 3 is 2.70 bits per heavy atom. The van der Waals surface area contributed by atoms with Gasteiger partial charge >= 0.3 is 12.1 Å². The minimum atomic E-state index is -5.08. The van der Waals surface area contributed by atoms with Gasteiger partial charge in [0.1, 0.15) is 6.10 Å². The van der Waals surface area contributed by atoms with Crippen LogP contribution in [0.25, 0.3) is 0 Å². The van der Waals surface area contributed by atoms with Crippen LogP contribution in [0.15, 0.2) is 36.8 Å². The van der Waals surface area contributed by atoms with E-state index in [1.165, 1.54) is 5.56 Å². The molecule has 9 nitrogen and oxygen atoms in total. The number of rotatable bonds is 4. The number of carboxylic acids is 1. The van der Waals surface area contributed by atoms with Crippen molar-refractivity contribution >= 4 is 5.97 Å². The number of fused-ring (bicyclic) bond motifs is 1. The Morgan fingerprint density at radius 2 is 2.00 bits per heavy atom. The molecule has 3 aliphatic rings. The highest BCUT2D eigenvalue weighted by Gasteiger charge is 2.48. The molecule has 5 rings (SSSR count). The molecule has 0 aliphatic carbocycles. The van der Waals surface area contributed by atoms with Gasteiger partial charge in [0.2, 0.25) is 12.7 Å². The Bertz CT molecular complexity index is 969. The Kier molecular flexibility index (Phi) is 6.56. The van der Waals surface area contributed by atoms with Crippen molar-refractivity contribution in [3.63, 3.8) is 0 Å². The van der Waals surface area contributed by atoms with E-state index in [2.05, 4.69) is 27.0 Å². The largest absolute Gasteiger partial charge is 0.490 e. The van der Waals surface area contributed by atoms with Gasteiger partial charge in [-0.3, -0.25) is 9.88 Å². The van der Waals surface area contributed by atoms with Crippen LogP contribution in [0.1, 0.15) is 18.4 Å². The molecule has 4 heterocycles. The van der Waals surface area contributed by atoms with Crippen molar-refractivity contribution in [3.05, 3.63) is 42.4 Å². The molecule has 1 unspecified atom stereocenters. The molecule has 2 saturated heterocycles. The fourth-order valence-electron chi connectivity index (χ4n) is 4.00. The van der Waals surface area contributed by atoms with E-state index >= 15 is 0 Å². The van der Waals surface area contributed by atoms with Gasteiger partial charge in [0.15, 0.2) is 11.5 Å². The van der Waals surface area contributed by atoms with Crippen LogP contribution in [0.3, 0.4) is 0 Å². The number of ether oxygens (including phenoxy) is 4. The average Bonchev–Trinajstić information content (AvgIpc) is 3.21. The van der Waals surface area contributed by atoms with Gasteiger partial charge in [0.05, 0.1) is 18.4 Å². The van der Waals surface area contributed by atoms with Gasteiger partial charge in [-0.25, -0.2) is 9.78 Å². The molecule has 3 aliphatic heterocycles. The number of benzene rings is 1. The highest BCUT2D eigenvalue weighted by molar-refractivity contribution is 5.73. The van der Waals surface area contributed by atoms with E-state index in [4.69, 9.17) is 28.8 Å². The Balaban J connectivity index is 0.000000325. The maximum Gasteiger partial charge on any atom is 0.490 e. The lowest BCUT2D eigenvalue weighted by Crippen LogP contribution is -2.65. The first-order valence-corrected chi connectivity index (χ1v) is 10.2. The molecule has 178 valence electrons. The summed E-state index contributed by atoms with van der Waals surface area (Å²) in [5, 5.41) is 7.12. The quantitative estimate of drug-likeness (QED) is 0.724. The SMILES string of the molecule is O=C(O)C(F)(F)F.c1cnc(OC2CCOC3(C2)CN(Cc2ccc4c(c2)OCO4)C3)cn1. The smallest absolute Gasteiger partial charge is 0.475 e. The van der Waals surface area contributed by atoms with Gasteiger partial charge in [0, 0.05) is 44.9 Å². The topological polar surface area (TPSA) is 103 Å². The summed E-state index contributed by atoms with van der Waals surface area (Å²) in [5.41, 5.74) is 1.13. The van der Waals surface area contributed by atoms with Crippen LogP contribution in [-0.2, 0) is 16.1 Å². The molecular weight excluding hydrogens is 447 g/mol. The first-order valence-electron chi connectivity index (χ1n) is 10.2. The summed E-state index contributed by atoms with van der Waals surface area (Å²) in [6.07, 6.45) is 1.79. The zero-order valence-electron chi connectivity index (χ0n) is 17.5. The number of carbonyl (C=O) groups is 1. The summed E-state index contributed by atoms with van der Waals surface area (Å²) in [6, 6.07) is 6.14.